The zero-order chi connectivity index (χ0) is 20.3. The van der Waals surface area contributed by atoms with E-state index in [2.05, 4.69) is 30.1 Å². The minimum absolute atomic E-state index is 0.0685. The maximum atomic E-state index is 12.8. The third-order valence-electron chi connectivity index (χ3n) is 4.73. The highest BCUT2D eigenvalue weighted by atomic mass is 19.4. The summed E-state index contributed by atoms with van der Waals surface area (Å²) in [4.78, 5) is 16.3. The number of likely N-dealkylation sites (N-methyl/N-ethyl adjacent to an activating group) is 1. The lowest BCUT2D eigenvalue weighted by molar-refractivity contribution is -0.141. The second kappa shape index (κ2) is 8.27. The second-order valence-corrected chi connectivity index (χ2v) is 6.85. The van der Waals surface area contributed by atoms with Gasteiger partial charge in [0.1, 0.15) is 11.5 Å². The normalized spacial score (nSPS) is 20.0. The van der Waals surface area contributed by atoms with Gasteiger partial charge in [0.25, 0.3) is 0 Å². The van der Waals surface area contributed by atoms with Gasteiger partial charge in [-0.25, -0.2) is 4.98 Å². The van der Waals surface area contributed by atoms with Gasteiger partial charge in [0.15, 0.2) is 0 Å². The van der Waals surface area contributed by atoms with Gasteiger partial charge in [0.2, 0.25) is 5.95 Å². The molecular formula is C18H23F3N6O. The molecule has 0 amide bonds. The highest BCUT2D eigenvalue weighted by molar-refractivity contribution is 5.44. The van der Waals surface area contributed by atoms with Crippen LogP contribution in [0.2, 0.25) is 0 Å². The van der Waals surface area contributed by atoms with Crippen LogP contribution in [0.4, 0.5) is 24.9 Å². The molecule has 0 unspecified atom stereocenters. The first-order valence-corrected chi connectivity index (χ1v) is 8.81. The van der Waals surface area contributed by atoms with Crippen molar-refractivity contribution in [2.24, 2.45) is 0 Å². The van der Waals surface area contributed by atoms with Crippen molar-refractivity contribution in [3.05, 3.63) is 41.9 Å². The summed E-state index contributed by atoms with van der Waals surface area (Å²) >= 11 is 0. The fourth-order valence-electron chi connectivity index (χ4n) is 3.20. The highest BCUT2D eigenvalue weighted by Crippen LogP contribution is 2.28. The smallest absolute Gasteiger partial charge is 0.378 e. The van der Waals surface area contributed by atoms with Gasteiger partial charge >= 0.3 is 6.18 Å². The van der Waals surface area contributed by atoms with Gasteiger partial charge in [-0.2, -0.15) is 18.2 Å². The SMILES string of the molecule is CO[C@@H]1CN(c2ccnc(NCc3ccnc(C(F)(F)F)c3)n2)C[C@@H]1N(C)C. The maximum absolute atomic E-state index is 12.8. The predicted molar refractivity (Wildman–Crippen MR) is 99.1 cm³/mol. The first-order chi connectivity index (χ1) is 13.3. The molecule has 152 valence electrons. The number of nitrogens with zero attached hydrogens (tertiary/aromatic N) is 5. The second-order valence-electron chi connectivity index (χ2n) is 6.85. The minimum Gasteiger partial charge on any atom is -0.378 e. The quantitative estimate of drug-likeness (QED) is 0.804. The average Bonchev–Trinajstić information content (AvgIpc) is 3.11. The van der Waals surface area contributed by atoms with E-state index in [0.29, 0.717) is 18.1 Å². The number of methoxy groups -OCH3 is 1. The Balaban J connectivity index is 1.68. The summed E-state index contributed by atoms with van der Waals surface area (Å²) in [6, 6.07) is 4.60. The summed E-state index contributed by atoms with van der Waals surface area (Å²) in [5.41, 5.74) is -0.469. The Morgan fingerprint density at radius 1 is 1.21 bits per heavy atom. The number of halogens is 3. The Hall–Kier alpha value is -2.46. The standard InChI is InChI=1S/C18H23F3N6O/c1-26(2)13-10-27(11-14(13)28-3)16-5-7-23-17(25-16)24-9-12-4-6-22-15(8-12)18(19,20)21/h4-8,13-14H,9-11H2,1-3H3,(H,23,24,25)/t13-,14+/m0/s1. The molecule has 0 aliphatic carbocycles. The van der Waals surface area contributed by atoms with Crippen LogP contribution in [0.15, 0.2) is 30.6 Å². The zero-order valence-electron chi connectivity index (χ0n) is 15.9. The molecule has 2 aromatic heterocycles. The number of alkyl halides is 3. The van der Waals surface area contributed by atoms with Gasteiger partial charge in [0, 0.05) is 39.1 Å². The Morgan fingerprint density at radius 3 is 2.61 bits per heavy atom. The van der Waals surface area contributed by atoms with E-state index < -0.39 is 11.9 Å². The van der Waals surface area contributed by atoms with Crippen molar-refractivity contribution >= 4 is 11.8 Å². The van der Waals surface area contributed by atoms with Crippen molar-refractivity contribution in [1.29, 1.82) is 0 Å². The van der Waals surface area contributed by atoms with E-state index in [9.17, 15) is 13.2 Å². The van der Waals surface area contributed by atoms with Crippen molar-refractivity contribution in [3.8, 4) is 0 Å². The average molecular weight is 396 g/mol. The van der Waals surface area contributed by atoms with Crippen molar-refractivity contribution in [3.63, 3.8) is 0 Å². The largest absolute Gasteiger partial charge is 0.433 e. The van der Waals surface area contributed by atoms with E-state index in [0.717, 1.165) is 24.6 Å². The van der Waals surface area contributed by atoms with Gasteiger partial charge in [-0.1, -0.05) is 0 Å². The molecule has 28 heavy (non-hydrogen) atoms. The molecule has 0 saturated carbocycles. The van der Waals surface area contributed by atoms with Crippen LogP contribution in [-0.2, 0) is 17.5 Å². The molecule has 7 nitrogen and oxygen atoms in total. The number of hydrogen-bond acceptors (Lipinski definition) is 7. The van der Waals surface area contributed by atoms with Crippen molar-refractivity contribution in [1.82, 2.24) is 19.9 Å². The fourth-order valence-corrected chi connectivity index (χ4v) is 3.20. The molecule has 3 rings (SSSR count). The monoisotopic (exact) mass is 396 g/mol. The number of rotatable bonds is 6. The zero-order valence-corrected chi connectivity index (χ0v) is 15.9. The van der Waals surface area contributed by atoms with Crippen LogP contribution in [0, 0.1) is 0 Å². The van der Waals surface area contributed by atoms with Crippen LogP contribution >= 0.6 is 0 Å². The molecule has 1 N–H and O–H groups in total. The topological polar surface area (TPSA) is 66.4 Å². The predicted octanol–water partition coefficient (Wildman–Crippen LogP) is 2.27. The number of nitrogens with one attached hydrogen (secondary N) is 1. The van der Waals surface area contributed by atoms with Gasteiger partial charge in [-0.15, -0.1) is 0 Å². The number of ether oxygens (including phenoxy) is 1. The number of anilines is 2. The molecule has 0 spiro atoms. The Bertz CT molecular complexity index is 801. The van der Waals surface area contributed by atoms with E-state index >= 15 is 0 Å². The molecule has 1 aliphatic heterocycles. The van der Waals surface area contributed by atoms with E-state index in [1.807, 2.05) is 20.2 Å². The molecule has 1 fully saturated rings. The lowest BCUT2D eigenvalue weighted by Crippen LogP contribution is -2.39. The molecular weight excluding hydrogens is 373 g/mol. The van der Waals surface area contributed by atoms with Gasteiger partial charge in [-0.3, -0.25) is 4.98 Å². The Labute approximate surface area is 161 Å². The van der Waals surface area contributed by atoms with Crippen molar-refractivity contribution < 1.29 is 17.9 Å². The third kappa shape index (κ3) is 4.68. The highest BCUT2D eigenvalue weighted by Gasteiger charge is 2.35. The number of aromatic nitrogens is 3. The van der Waals surface area contributed by atoms with Crippen molar-refractivity contribution in [2.75, 3.05) is 44.5 Å². The van der Waals surface area contributed by atoms with E-state index in [4.69, 9.17) is 4.74 Å². The van der Waals surface area contributed by atoms with Crippen LogP contribution in [0.5, 0.6) is 0 Å². The van der Waals surface area contributed by atoms with Crippen LogP contribution in [0.3, 0.4) is 0 Å². The van der Waals surface area contributed by atoms with E-state index in [1.54, 1.807) is 13.3 Å². The lowest BCUT2D eigenvalue weighted by Gasteiger charge is -2.23. The molecule has 0 bridgehead atoms. The third-order valence-corrected chi connectivity index (χ3v) is 4.73. The van der Waals surface area contributed by atoms with E-state index in [1.165, 1.54) is 6.07 Å². The molecule has 1 aliphatic rings. The van der Waals surface area contributed by atoms with Crippen LogP contribution in [0.1, 0.15) is 11.3 Å². The van der Waals surface area contributed by atoms with Gasteiger partial charge in [-0.05, 0) is 37.9 Å². The minimum atomic E-state index is -4.47. The van der Waals surface area contributed by atoms with Gasteiger partial charge < -0.3 is 19.9 Å². The molecule has 1 saturated heterocycles. The molecule has 10 heteroatoms. The van der Waals surface area contributed by atoms with E-state index in [-0.39, 0.29) is 18.7 Å². The first kappa shape index (κ1) is 20.3. The van der Waals surface area contributed by atoms with Crippen LogP contribution < -0.4 is 10.2 Å². The maximum Gasteiger partial charge on any atom is 0.433 e. The van der Waals surface area contributed by atoms with Crippen molar-refractivity contribution in [2.45, 2.75) is 24.9 Å². The summed E-state index contributed by atoms with van der Waals surface area (Å²) < 4.78 is 43.9. The summed E-state index contributed by atoms with van der Waals surface area (Å²) in [7, 11) is 5.72. The first-order valence-electron chi connectivity index (χ1n) is 8.81. The molecule has 0 radical (unpaired) electrons. The Morgan fingerprint density at radius 2 is 1.96 bits per heavy atom. The lowest BCUT2D eigenvalue weighted by atomic mass is 10.2. The summed E-state index contributed by atoms with van der Waals surface area (Å²) in [5, 5.41) is 2.98. The van der Waals surface area contributed by atoms with Crippen LogP contribution in [-0.4, -0.2) is 66.3 Å². The van der Waals surface area contributed by atoms with Crippen LogP contribution in [0.25, 0.3) is 0 Å². The number of pyridine rings is 1. The number of hydrogen-bond donors (Lipinski definition) is 1. The molecule has 2 aromatic rings. The Kier molecular flexibility index (Phi) is 5.99. The molecule has 3 heterocycles. The fraction of sp³-hybridized carbons (Fsp3) is 0.500. The molecule has 2 atom stereocenters. The molecule has 0 aromatic carbocycles. The van der Waals surface area contributed by atoms with Gasteiger partial charge in [0.05, 0.1) is 12.1 Å². The summed E-state index contributed by atoms with van der Waals surface area (Å²) in [6.07, 6.45) is -1.63. The summed E-state index contributed by atoms with van der Waals surface area (Å²) in [5.74, 6) is 1.10. The summed E-state index contributed by atoms with van der Waals surface area (Å²) in [6.45, 7) is 1.63.